The molecule has 2 aromatic rings. The Morgan fingerprint density at radius 2 is 1.82 bits per heavy atom. The normalized spacial score (nSPS) is 16.3. The van der Waals surface area contributed by atoms with Gasteiger partial charge in [-0.25, -0.2) is 0 Å². The fraction of sp³-hybridized carbons (Fsp3) is 0.320. The van der Waals surface area contributed by atoms with Gasteiger partial charge in [-0.2, -0.15) is 0 Å². The smallest absolute Gasteiger partial charge is 0.246 e. The average molecular weight is 509 g/mol. The molecule has 0 saturated heterocycles. The van der Waals surface area contributed by atoms with E-state index in [-0.39, 0.29) is 12.0 Å². The summed E-state index contributed by atoms with van der Waals surface area (Å²) < 4.78 is 6.17. The largest absolute Gasteiger partial charge is 0.370 e. The van der Waals surface area contributed by atoms with Crippen LogP contribution in [-0.4, -0.2) is 40.5 Å². The van der Waals surface area contributed by atoms with E-state index in [9.17, 15) is 4.79 Å². The summed E-state index contributed by atoms with van der Waals surface area (Å²) in [5.41, 5.74) is 1.05. The molecule has 0 fully saturated rings. The lowest BCUT2D eigenvalue weighted by Crippen LogP contribution is -2.42. The van der Waals surface area contributed by atoms with Crippen LogP contribution in [0.15, 0.2) is 73.1 Å². The van der Waals surface area contributed by atoms with Crippen LogP contribution in [0.4, 0.5) is 5.69 Å². The summed E-state index contributed by atoms with van der Waals surface area (Å²) in [4.78, 5) is 16.6. The number of nitrogens with zero attached hydrogens (tertiary/aromatic N) is 2. The number of anilines is 1. The Balaban J connectivity index is 1.65. The van der Waals surface area contributed by atoms with E-state index in [1.54, 1.807) is 12.1 Å². The van der Waals surface area contributed by atoms with Gasteiger partial charge in [0.15, 0.2) is 0 Å². The first-order valence-electron chi connectivity index (χ1n) is 10.8. The number of benzene rings is 2. The molecule has 0 bridgehead atoms. The van der Waals surface area contributed by atoms with Crippen molar-refractivity contribution in [3.8, 4) is 0 Å². The SMILES string of the molecule is CC=CCCOC(c1ccc(Cl)cc1)C(Cl)N1C=CN(C(C)C(=O)Nc2ccccc2Cl)C1. The van der Waals surface area contributed by atoms with Crippen molar-refractivity contribution in [3.63, 3.8) is 0 Å². The highest BCUT2D eigenvalue weighted by atomic mass is 35.5. The fourth-order valence-corrected chi connectivity index (χ4v) is 4.06. The van der Waals surface area contributed by atoms with Crippen LogP contribution in [0.3, 0.4) is 0 Å². The molecule has 0 aromatic heterocycles. The predicted molar refractivity (Wildman–Crippen MR) is 136 cm³/mol. The summed E-state index contributed by atoms with van der Waals surface area (Å²) in [6, 6.07) is 14.3. The Morgan fingerprint density at radius 1 is 1.12 bits per heavy atom. The Morgan fingerprint density at radius 3 is 2.52 bits per heavy atom. The molecular formula is C25H28Cl3N3O2. The molecule has 3 rings (SSSR count). The number of rotatable bonds is 10. The highest BCUT2D eigenvalue weighted by Crippen LogP contribution is 2.31. The van der Waals surface area contributed by atoms with Crippen LogP contribution in [0.25, 0.3) is 0 Å². The first-order valence-corrected chi connectivity index (χ1v) is 12.0. The quantitative estimate of drug-likeness (QED) is 0.169. The third kappa shape index (κ3) is 6.90. The molecule has 1 aliphatic heterocycles. The highest BCUT2D eigenvalue weighted by molar-refractivity contribution is 6.33. The number of hydrogen-bond donors (Lipinski definition) is 1. The molecule has 0 saturated carbocycles. The van der Waals surface area contributed by atoms with Crippen LogP contribution in [-0.2, 0) is 9.53 Å². The van der Waals surface area contributed by atoms with Crippen LogP contribution in [0.5, 0.6) is 0 Å². The monoisotopic (exact) mass is 507 g/mol. The summed E-state index contributed by atoms with van der Waals surface area (Å²) >= 11 is 19.1. The van der Waals surface area contributed by atoms with Crippen molar-refractivity contribution < 1.29 is 9.53 Å². The molecule has 1 aliphatic rings. The van der Waals surface area contributed by atoms with Crippen molar-refractivity contribution >= 4 is 46.4 Å². The number of para-hydroxylation sites is 1. The van der Waals surface area contributed by atoms with Crippen molar-refractivity contribution in [2.75, 3.05) is 18.6 Å². The standard InChI is InChI=1S/C25H28Cl3N3O2/c1-3-4-7-16-33-23(19-10-12-20(26)13-11-19)24(28)31-15-14-30(17-31)18(2)25(32)29-22-9-6-5-8-21(22)27/h3-6,8-15,18,23-24H,7,16-17H2,1-2H3,(H,29,32). The number of nitrogens with one attached hydrogen (secondary N) is 1. The van der Waals surface area contributed by atoms with Gasteiger partial charge in [0, 0.05) is 17.4 Å². The molecule has 1 heterocycles. The van der Waals surface area contributed by atoms with Gasteiger partial charge in [-0.3, -0.25) is 4.79 Å². The number of carbonyl (C=O) groups excluding carboxylic acids is 1. The third-order valence-corrected chi connectivity index (χ3v) is 6.43. The maximum atomic E-state index is 12.8. The molecule has 0 radical (unpaired) electrons. The van der Waals surface area contributed by atoms with Crippen molar-refractivity contribution in [1.29, 1.82) is 0 Å². The van der Waals surface area contributed by atoms with E-state index in [1.807, 2.05) is 78.5 Å². The number of halogens is 3. The lowest BCUT2D eigenvalue weighted by atomic mass is 10.1. The highest BCUT2D eigenvalue weighted by Gasteiger charge is 2.32. The second-order valence-corrected chi connectivity index (χ2v) is 8.98. The van der Waals surface area contributed by atoms with Crippen molar-refractivity contribution in [3.05, 3.63) is 88.7 Å². The Kier molecular flexibility index (Phi) is 9.51. The summed E-state index contributed by atoms with van der Waals surface area (Å²) in [6.07, 6.45) is 8.23. The molecule has 33 heavy (non-hydrogen) atoms. The van der Waals surface area contributed by atoms with Gasteiger partial charge >= 0.3 is 0 Å². The number of carbonyl (C=O) groups is 1. The predicted octanol–water partition coefficient (Wildman–Crippen LogP) is 6.66. The van der Waals surface area contributed by atoms with Gasteiger partial charge in [-0.15, -0.1) is 0 Å². The lowest BCUT2D eigenvalue weighted by molar-refractivity contribution is -0.120. The summed E-state index contributed by atoms with van der Waals surface area (Å²) in [5, 5.41) is 4.04. The number of allylic oxidation sites excluding steroid dienone is 1. The van der Waals surface area contributed by atoms with E-state index in [2.05, 4.69) is 11.4 Å². The second-order valence-electron chi connectivity index (χ2n) is 7.69. The van der Waals surface area contributed by atoms with Crippen LogP contribution in [0.2, 0.25) is 10.0 Å². The Hall–Kier alpha value is -2.18. The van der Waals surface area contributed by atoms with Crippen LogP contribution >= 0.6 is 34.8 Å². The zero-order valence-electron chi connectivity index (χ0n) is 18.6. The molecule has 8 heteroatoms. The minimum absolute atomic E-state index is 0.155. The Labute approximate surface area is 210 Å². The number of hydrogen-bond acceptors (Lipinski definition) is 4. The second kappa shape index (κ2) is 12.3. The van der Waals surface area contributed by atoms with E-state index >= 15 is 0 Å². The first-order chi connectivity index (χ1) is 15.9. The molecule has 0 spiro atoms. The van der Waals surface area contributed by atoms with Gasteiger partial charge in [0.25, 0.3) is 0 Å². The molecule has 3 unspecified atom stereocenters. The number of amides is 1. The zero-order chi connectivity index (χ0) is 23.8. The van der Waals surface area contributed by atoms with Gasteiger partial charge < -0.3 is 19.9 Å². The summed E-state index contributed by atoms with van der Waals surface area (Å²) in [6.45, 7) is 4.81. The third-order valence-electron chi connectivity index (χ3n) is 5.37. The van der Waals surface area contributed by atoms with Crippen molar-refractivity contribution in [2.45, 2.75) is 37.9 Å². The summed E-state index contributed by atoms with van der Waals surface area (Å²) in [7, 11) is 0. The van der Waals surface area contributed by atoms with E-state index in [1.165, 1.54) is 0 Å². The van der Waals surface area contributed by atoms with Gasteiger partial charge in [0.1, 0.15) is 17.6 Å². The molecule has 1 N–H and O–H groups in total. The van der Waals surface area contributed by atoms with Gasteiger partial charge in [-0.1, -0.05) is 71.2 Å². The number of alkyl halides is 1. The zero-order valence-corrected chi connectivity index (χ0v) is 20.9. The van der Waals surface area contributed by atoms with Crippen molar-refractivity contribution in [2.24, 2.45) is 0 Å². The molecule has 3 atom stereocenters. The van der Waals surface area contributed by atoms with Gasteiger partial charge in [0.05, 0.1) is 24.0 Å². The first kappa shape index (κ1) is 25.4. The minimum atomic E-state index is -0.475. The van der Waals surface area contributed by atoms with E-state index in [0.29, 0.717) is 29.0 Å². The van der Waals surface area contributed by atoms with Gasteiger partial charge in [0.2, 0.25) is 5.91 Å². The van der Waals surface area contributed by atoms with Gasteiger partial charge in [-0.05, 0) is 50.1 Å². The van der Waals surface area contributed by atoms with Crippen LogP contribution in [0, 0.1) is 0 Å². The van der Waals surface area contributed by atoms with E-state index in [0.717, 1.165) is 12.0 Å². The molecular weight excluding hydrogens is 481 g/mol. The molecule has 176 valence electrons. The average Bonchev–Trinajstić information content (AvgIpc) is 3.31. The van der Waals surface area contributed by atoms with Crippen molar-refractivity contribution in [1.82, 2.24) is 9.80 Å². The molecule has 0 aliphatic carbocycles. The molecule has 1 amide bonds. The fourth-order valence-electron chi connectivity index (χ4n) is 3.41. The topological polar surface area (TPSA) is 44.8 Å². The van der Waals surface area contributed by atoms with Crippen LogP contribution < -0.4 is 5.32 Å². The maximum Gasteiger partial charge on any atom is 0.246 e. The van der Waals surface area contributed by atoms with E-state index in [4.69, 9.17) is 39.5 Å². The molecule has 2 aromatic carbocycles. The number of ether oxygens (including phenoxy) is 1. The van der Waals surface area contributed by atoms with Crippen LogP contribution in [0.1, 0.15) is 31.9 Å². The lowest BCUT2D eigenvalue weighted by Gasteiger charge is -2.32. The van der Waals surface area contributed by atoms with E-state index < -0.39 is 11.5 Å². The summed E-state index contributed by atoms with van der Waals surface area (Å²) in [5.74, 6) is -0.155. The Bertz CT molecular complexity index is 981. The molecule has 5 nitrogen and oxygen atoms in total. The maximum absolute atomic E-state index is 12.8. The minimum Gasteiger partial charge on any atom is -0.370 e.